The molecular weight excluding hydrogens is 289 g/mol. The Labute approximate surface area is 118 Å². The van der Waals surface area contributed by atoms with Crippen molar-refractivity contribution in [2.75, 3.05) is 38.1 Å². The number of hydrogen-bond acceptors (Lipinski definition) is 6. The Morgan fingerprint density at radius 1 is 1.24 bits per heavy atom. The second-order valence-electron chi connectivity index (χ2n) is 4.61. The molecule has 0 aromatic carbocycles. The Bertz CT molecular complexity index is 484. The van der Waals surface area contributed by atoms with E-state index in [1.165, 1.54) is 22.2 Å². The zero-order valence-electron chi connectivity index (χ0n) is 11.1. The van der Waals surface area contributed by atoms with Crippen LogP contribution in [0.25, 0.3) is 0 Å². The number of hydrazine groups is 1. The van der Waals surface area contributed by atoms with Gasteiger partial charge in [0.1, 0.15) is 5.69 Å². The quantitative estimate of drug-likeness (QED) is 0.607. The zero-order chi connectivity index (χ0) is 15.5. The van der Waals surface area contributed by atoms with Gasteiger partial charge < -0.3 is 10.3 Å². The third-order valence-electron chi connectivity index (χ3n) is 3.08. The van der Waals surface area contributed by atoms with Crippen molar-refractivity contribution in [3.63, 3.8) is 0 Å². The molecule has 1 aromatic heterocycles. The average molecular weight is 304 g/mol. The zero-order valence-corrected chi connectivity index (χ0v) is 11.1. The molecule has 3 N–H and O–H groups in total. The predicted molar refractivity (Wildman–Crippen MR) is 68.2 cm³/mol. The molecule has 1 amide bonds. The van der Waals surface area contributed by atoms with Crippen molar-refractivity contribution in [2.45, 2.75) is 6.18 Å². The maximum atomic E-state index is 12.3. The molecule has 1 aromatic rings. The number of alkyl halides is 3. The van der Waals surface area contributed by atoms with Gasteiger partial charge in [-0.2, -0.15) is 13.2 Å². The standard InChI is InChI=1S/C11H15F3N6O/c12-11(13,14)7-19-1-3-20(4-2-19)10(21)8-5-17-9(18-15)6-16-8/h5-6H,1-4,7,15H2,(H,17,18). The van der Waals surface area contributed by atoms with Crippen LogP contribution in [0.3, 0.4) is 0 Å². The fourth-order valence-corrected chi connectivity index (χ4v) is 2.04. The highest BCUT2D eigenvalue weighted by Gasteiger charge is 2.33. The summed E-state index contributed by atoms with van der Waals surface area (Å²) in [5.74, 6) is 5.11. The number of hydrogen-bond donors (Lipinski definition) is 2. The summed E-state index contributed by atoms with van der Waals surface area (Å²) in [7, 11) is 0. The van der Waals surface area contributed by atoms with E-state index in [1.54, 1.807) is 0 Å². The van der Waals surface area contributed by atoms with Crippen molar-refractivity contribution < 1.29 is 18.0 Å². The van der Waals surface area contributed by atoms with Crippen molar-refractivity contribution in [3.05, 3.63) is 18.1 Å². The summed E-state index contributed by atoms with van der Waals surface area (Å²) in [5, 5.41) is 0. The molecule has 0 aliphatic carbocycles. The molecule has 0 spiro atoms. The minimum atomic E-state index is -4.22. The van der Waals surface area contributed by atoms with Gasteiger partial charge in [0.2, 0.25) is 0 Å². The van der Waals surface area contributed by atoms with Crippen LogP contribution in [0.4, 0.5) is 19.0 Å². The molecule has 0 bridgehead atoms. The number of anilines is 1. The van der Waals surface area contributed by atoms with Gasteiger partial charge in [-0.25, -0.2) is 15.8 Å². The third kappa shape index (κ3) is 4.26. The van der Waals surface area contributed by atoms with Crippen LogP contribution in [0.15, 0.2) is 12.4 Å². The first kappa shape index (κ1) is 15.4. The summed E-state index contributed by atoms with van der Waals surface area (Å²) in [6.45, 7) is -0.130. The van der Waals surface area contributed by atoms with Crippen LogP contribution in [0, 0.1) is 0 Å². The van der Waals surface area contributed by atoms with E-state index in [9.17, 15) is 18.0 Å². The number of aromatic nitrogens is 2. The SMILES string of the molecule is NNc1cnc(C(=O)N2CCN(CC(F)(F)F)CC2)cn1. The molecule has 0 unspecified atom stereocenters. The van der Waals surface area contributed by atoms with Gasteiger partial charge in [0, 0.05) is 26.2 Å². The molecule has 7 nitrogen and oxygen atoms in total. The number of halogens is 3. The topological polar surface area (TPSA) is 87.4 Å². The highest BCUT2D eigenvalue weighted by atomic mass is 19.4. The van der Waals surface area contributed by atoms with E-state index in [0.29, 0.717) is 5.82 Å². The summed E-state index contributed by atoms with van der Waals surface area (Å²) in [5.41, 5.74) is 2.43. The molecule has 21 heavy (non-hydrogen) atoms. The van der Waals surface area contributed by atoms with Crippen molar-refractivity contribution in [1.82, 2.24) is 19.8 Å². The molecule has 1 fully saturated rings. The molecule has 0 atom stereocenters. The molecule has 1 aliphatic rings. The molecule has 0 radical (unpaired) electrons. The molecule has 10 heteroatoms. The van der Waals surface area contributed by atoms with Gasteiger partial charge in [0.25, 0.3) is 5.91 Å². The summed E-state index contributed by atoms with van der Waals surface area (Å²) in [4.78, 5) is 22.6. The van der Waals surface area contributed by atoms with Crippen LogP contribution in [0.2, 0.25) is 0 Å². The Hall–Kier alpha value is -1.94. The fourth-order valence-electron chi connectivity index (χ4n) is 2.04. The Morgan fingerprint density at radius 2 is 1.90 bits per heavy atom. The van der Waals surface area contributed by atoms with Gasteiger partial charge in [0.15, 0.2) is 5.82 Å². The van der Waals surface area contributed by atoms with Gasteiger partial charge in [0.05, 0.1) is 18.9 Å². The van der Waals surface area contributed by atoms with Crippen LogP contribution in [-0.4, -0.2) is 64.6 Å². The average Bonchev–Trinajstić information content (AvgIpc) is 2.46. The number of nitrogens with zero attached hydrogens (tertiary/aromatic N) is 4. The van der Waals surface area contributed by atoms with E-state index < -0.39 is 12.7 Å². The number of carbonyl (C=O) groups is 1. The maximum Gasteiger partial charge on any atom is 0.401 e. The van der Waals surface area contributed by atoms with Crippen molar-refractivity contribution in [1.29, 1.82) is 0 Å². The van der Waals surface area contributed by atoms with Crippen LogP contribution in [0.5, 0.6) is 0 Å². The summed E-state index contributed by atoms with van der Waals surface area (Å²) in [6, 6.07) is 0. The van der Waals surface area contributed by atoms with Crippen molar-refractivity contribution >= 4 is 11.7 Å². The largest absolute Gasteiger partial charge is 0.401 e. The number of nitrogens with two attached hydrogens (primary N) is 1. The molecular formula is C11H15F3N6O. The third-order valence-corrected chi connectivity index (χ3v) is 3.08. The van der Waals surface area contributed by atoms with Gasteiger partial charge in [-0.05, 0) is 0 Å². The lowest BCUT2D eigenvalue weighted by molar-refractivity contribution is -0.148. The number of amides is 1. The van der Waals surface area contributed by atoms with Gasteiger partial charge in [-0.1, -0.05) is 0 Å². The van der Waals surface area contributed by atoms with E-state index in [-0.39, 0.29) is 37.8 Å². The lowest BCUT2D eigenvalue weighted by atomic mass is 10.2. The van der Waals surface area contributed by atoms with Crippen LogP contribution >= 0.6 is 0 Å². The molecule has 116 valence electrons. The fraction of sp³-hybridized carbons (Fsp3) is 0.545. The number of carbonyl (C=O) groups excluding carboxylic acids is 1. The lowest BCUT2D eigenvalue weighted by Gasteiger charge is -2.34. The maximum absolute atomic E-state index is 12.3. The summed E-state index contributed by atoms with van der Waals surface area (Å²) < 4.78 is 36.8. The van der Waals surface area contributed by atoms with E-state index in [1.807, 2.05) is 0 Å². The van der Waals surface area contributed by atoms with E-state index >= 15 is 0 Å². The first-order valence-corrected chi connectivity index (χ1v) is 6.26. The first-order chi connectivity index (χ1) is 9.89. The summed E-state index contributed by atoms with van der Waals surface area (Å²) in [6.07, 6.45) is -1.63. The first-order valence-electron chi connectivity index (χ1n) is 6.26. The normalized spacial score (nSPS) is 16.9. The molecule has 2 rings (SSSR count). The van der Waals surface area contributed by atoms with Crippen molar-refractivity contribution in [3.8, 4) is 0 Å². The van der Waals surface area contributed by atoms with Crippen molar-refractivity contribution in [2.24, 2.45) is 5.84 Å². The molecule has 1 aliphatic heterocycles. The molecule has 1 saturated heterocycles. The second-order valence-corrected chi connectivity index (χ2v) is 4.61. The lowest BCUT2D eigenvalue weighted by Crippen LogP contribution is -2.51. The minimum absolute atomic E-state index is 0.137. The van der Waals surface area contributed by atoms with Gasteiger partial charge >= 0.3 is 6.18 Å². The number of nitrogens with one attached hydrogen (secondary N) is 1. The minimum Gasteiger partial charge on any atom is -0.335 e. The summed E-state index contributed by atoms with van der Waals surface area (Å²) >= 11 is 0. The highest BCUT2D eigenvalue weighted by molar-refractivity contribution is 5.92. The van der Waals surface area contributed by atoms with Gasteiger partial charge in [-0.3, -0.25) is 9.69 Å². The van der Waals surface area contributed by atoms with Gasteiger partial charge in [-0.15, -0.1) is 0 Å². The van der Waals surface area contributed by atoms with Crippen LogP contribution in [0.1, 0.15) is 10.5 Å². The molecule has 0 saturated carbocycles. The predicted octanol–water partition coefficient (Wildman–Crippen LogP) is 0.0823. The number of rotatable bonds is 3. The Kier molecular flexibility index (Phi) is 4.58. The van der Waals surface area contributed by atoms with E-state index in [0.717, 1.165) is 0 Å². The smallest absolute Gasteiger partial charge is 0.335 e. The second kappa shape index (κ2) is 6.22. The van der Waals surface area contributed by atoms with Crippen LogP contribution < -0.4 is 11.3 Å². The van der Waals surface area contributed by atoms with E-state index in [4.69, 9.17) is 5.84 Å². The Morgan fingerprint density at radius 3 is 2.38 bits per heavy atom. The Balaban J connectivity index is 1.90. The van der Waals surface area contributed by atoms with E-state index in [2.05, 4.69) is 15.4 Å². The monoisotopic (exact) mass is 304 g/mol. The number of nitrogen functional groups attached to an aromatic ring is 1. The number of piperazine rings is 1. The molecule has 2 heterocycles. The van der Waals surface area contributed by atoms with Crippen LogP contribution in [-0.2, 0) is 0 Å². The highest BCUT2D eigenvalue weighted by Crippen LogP contribution is 2.17.